The van der Waals surface area contributed by atoms with Crippen LogP contribution in [-0.2, 0) is 4.79 Å². The summed E-state index contributed by atoms with van der Waals surface area (Å²) >= 11 is 0. The Labute approximate surface area is 146 Å². The summed E-state index contributed by atoms with van der Waals surface area (Å²) < 4.78 is 1.49. The molecule has 0 amide bonds. The predicted octanol–water partition coefficient (Wildman–Crippen LogP) is 1.51. The molecule has 6 heteroatoms. The largest absolute Gasteiger partial charge is 0.391 e. The van der Waals surface area contributed by atoms with Crippen molar-refractivity contribution in [3.8, 4) is 0 Å². The van der Waals surface area contributed by atoms with E-state index in [2.05, 4.69) is 9.88 Å². The van der Waals surface area contributed by atoms with Crippen LogP contribution in [0.1, 0.15) is 39.2 Å². The van der Waals surface area contributed by atoms with Gasteiger partial charge in [-0.25, -0.2) is 4.98 Å². The maximum Gasteiger partial charge on any atom is 0.261 e. The van der Waals surface area contributed by atoms with E-state index >= 15 is 0 Å². The van der Waals surface area contributed by atoms with Crippen molar-refractivity contribution in [3.63, 3.8) is 0 Å². The molecule has 6 nitrogen and oxygen atoms in total. The van der Waals surface area contributed by atoms with Crippen molar-refractivity contribution in [1.82, 2.24) is 14.5 Å². The minimum atomic E-state index is -0.598. The number of rotatable bonds is 1. The number of carbonyl (C=O) groups excluding carboxylic acids is 1. The van der Waals surface area contributed by atoms with Crippen LogP contribution in [0.15, 0.2) is 35.4 Å². The van der Waals surface area contributed by atoms with Gasteiger partial charge in [0.25, 0.3) is 5.56 Å². The summed E-state index contributed by atoms with van der Waals surface area (Å²) in [6.45, 7) is 4.80. The zero-order valence-electron chi connectivity index (χ0n) is 14.6. The van der Waals surface area contributed by atoms with Crippen LogP contribution in [0.3, 0.4) is 0 Å². The molecule has 3 atom stereocenters. The number of aliphatic hydroxyl groups is 1. The molecule has 1 aromatic heterocycles. The molecular weight excluding hydrogens is 318 g/mol. The van der Waals surface area contributed by atoms with Crippen LogP contribution in [0.2, 0.25) is 0 Å². The van der Waals surface area contributed by atoms with Gasteiger partial charge in [-0.1, -0.05) is 12.1 Å². The SMILES string of the molecule is CC1(C)[C@H](n2cnc3ccccc3c2=O)C(=O)C[C@@H]2[C@H](O)CCCN21. The van der Waals surface area contributed by atoms with Crippen LogP contribution >= 0.6 is 0 Å². The molecule has 0 bridgehead atoms. The zero-order valence-corrected chi connectivity index (χ0v) is 14.6. The molecule has 2 aromatic rings. The summed E-state index contributed by atoms with van der Waals surface area (Å²) in [5, 5.41) is 10.9. The van der Waals surface area contributed by atoms with E-state index in [-0.39, 0.29) is 23.8 Å². The summed E-state index contributed by atoms with van der Waals surface area (Å²) in [4.78, 5) is 32.5. The minimum Gasteiger partial charge on any atom is -0.391 e. The van der Waals surface area contributed by atoms with Gasteiger partial charge >= 0.3 is 0 Å². The standard InChI is InChI=1S/C19H23N3O3/c1-19(2)17(16(24)10-14-15(23)8-5-9-22(14)19)21-11-20-13-7-4-3-6-12(13)18(21)25/h3-4,6-7,11,14-15,17,23H,5,8-10H2,1-2H3/t14-,15-,17-/m1/s1. The van der Waals surface area contributed by atoms with E-state index in [9.17, 15) is 14.7 Å². The van der Waals surface area contributed by atoms with E-state index in [0.29, 0.717) is 10.9 Å². The van der Waals surface area contributed by atoms with E-state index in [1.54, 1.807) is 18.2 Å². The van der Waals surface area contributed by atoms with Crippen molar-refractivity contribution < 1.29 is 9.90 Å². The van der Waals surface area contributed by atoms with Gasteiger partial charge < -0.3 is 5.11 Å². The number of hydrogen-bond acceptors (Lipinski definition) is 5. The molecule has 132 valence electrons. The number of aliphatic hydroxyl groups excluding tert-OH is 1. The Kier molecular flexibility index (Phi) is 3.77. The first-order valence-electron chi connectivity index (χ1n) is 8.84. The number of para-hydroxylation sites is 1. The summed E-state index contributed by atoms with van der Waals surface area (Å²) in [6, 6.07) is 6.44. The lowest BCUT2D eigenvalue weighted by Gasteiger charge is -2.54. The van der Waals surface area contributed by atoms with Gasteiger partial charge in [-0.2, -0.15) is 0 Å². The third-order valence-corrected chi connectivity index (χ3v) is 5.84. The van der Waals surface area contributed by atoms with Gasteiger partial charge in [0.05, 0.1) is 23.3 Å². The molecule has 1 aromatic carbocycles. The van der Waals surface area contributed by atoms with Gasteiger partial charge in [-0.3, -0.25) is 19.1 Å². The van der Waals surface area contributed by atoms with E-state index in [1.165, 1.54) is 10.9 Å². The fourth-order valence-corrected chi connectivity index (χ4v) is 4.63. The normalized spacial score (nSPS) is 29.6. The van der Waals surface area contributed by atoms with Crippen LogP contribution in [-0.4, -0.2) is 49.6 Å². The summed E-state index contributed by atoms with van der Waals surface area (Å²) in [7, 11) is 0. The molecule has 3 heterocycles. The fraction of sp³-hybridized carbons (Fsp3) is 0.526. The van der Waals surface area contributed by atoms with Gasteiger partial charge in [0, 0.05) is 18.0 Å². The Hall–Kier alpha value is -2.05. The lowest BCUT2D eigenvalue weighted by molar-refractivity contribution is -0.145. The van der Waals surface area contributed by atoms with Crippen molar-refractivity contribution in [2.24, 2.45) is 0 Å². The third kappa shape index (κ3) is 2.43. The number of fused-ring (bicyclic) bond motifs is 2. The Balaban J connectivity index is 1.83. The van der Waals surface area contributed by atoms with Gasteiger partial charge in [0.15, 0.2) is 5.78 Å². The number of piperidine rings is 2. The highest BCUT2D eigenvalue weighted by atomic mass is 16.3. The molecule has 0 spiro atoms. The van der Waals surface area contributed by atoms with Gasteiger partial charge in [0.1, 0.15) is 6.04 Å². The number of nitrogens with zero attached hydrogens (tertiary/aromatic N) is 3. The van der Waals surface area contributed by atoms with Crippen molar-refractivity contribution in [1.29, 1.82) is 0 Å². The monoisotopic (exact) mass is 341 g/mol. The van der Waals surface area contributed by atoms with Crippen LogP contribution < -0.4 is 5.56 Å². The van der Waals surface area contributed by atoms with Crippen LogP contribution in [0, 0.1) is 0 Å². The fourth-order valence-electron chi connectivity index (χ4n) is 4.63. The van der Waals surface area contributed by atoms with E-state index < -0.39 is 17.7 Å². The summed E-state index contributed by atoms with van der Waals surface area (Å²) in [5.74, 6) is -0.00798. The molecule has 1 N–H and O–H groups in total. The quantitative estimate of drug-likeness (QED) is 0.851. The maximum atomic E-state index is 13.0. The highest BCUT2D eigenvalue weighted by Crippen LogP contribution is 2.40. The molecular formula is C19H23N3O3. The molecule has 2 aliphatic rings. The highest BCUT2D eigenvalue weighted by molar-refractivity contribution is 5.86. The van der Waals surface area contributed by atoms with Crippen molar-refractivity contribution in [2.45, 2.75) is 56.8 Å². The maximum absolute atomic E-state index is 13.0. The number of aromatic nitrogens is 2. The average molecular weight is 341 g/mol. The van der Waals surface area contributed by atoms with Crippen molar-refractivity contribution in [2.75, 3.05) is 6.54 Å². The third-order valence-electron chi connectivity index (χ3n) is 5.84. The Morgan fingerprint density at radius 1 is 1.24 bits per heavy atom. The molecule has 2 fully saturated rings. The Morgan fingerprint density at radius 2 is 2.00 bits per heavy atom. The van der Waals surface area contributed by atoms with E-state index in [4.69, 9.17) is 0 Å². The molecule has 2 aliphatic heterocycles. The lowest BCUT2D eigenvalue weighted by atomic mass is 9.76. The Morgan fingerprint density at radius 3 is 2.80 bits per heavy atom. The first kappa shape index (κ1) is 16.4. The van der Waals surface area contributed by atoms with Crippen LogP contribution in [0.25, 0.3) is 10.9 Å². The molecule has 2 saturated heterocycles. The summed E-state index contributed by atoms with van der Waals surface area (Å²) in [5.41, 5.74) is -0.112. The van der Waals surface area contributed by atoms with Gasteiger partial charge in [-0.15, -0.1) is 0 Å². The molecule has 25 heavy (non-hydrogen) atoms. The van der Waals surface area contributed by atoms with E-state index in [0.717, 1.165) is 19.4 Å². The topological polar surface area (TPSA) is 75.4 Å². The van der Waals surface area contributed by atoms with Crippen molar-refractivity contribution >= 4 is 16.7 Å². The molecule has 4 rings (SSSR count). The number of benzene rings is 1. The highest BCUT2D eigenvalue weighted by Gasteiger charge is 2.51. The second-order valence-corrected chi connectivity index (χ2v) is 7.67. The van der Waals surface area contributed by atoms with Gasteiger partial charge in [0.2, 0.25) is 0 Å². The molecule has 0 radical (unpaired) electrons. The first-order valence-corrected chi connectivity index (χ1v) is 8.84. The number of ketones is 1. The number of Topliss-reactive ketones (excluding diaryl/α,β-unsaturated/α-hetero) is 1. The minimum absolute atomic E-state index is 0.00798. The predicted molar refractivity (Wildman–Crippen MR) is 94.5 cm³/mol. The molecule has 0 aliphatic carbocycles. The van der Waals surface area contributed by atoms with Crippen molar-refractivity contribution in [3.05, 3.63) is 40.9 Å². The lowest BCUT2D eigenvalue weighted by Crippen LogP contribution is -2.66. The van der Waals surface area contributed by atoms with Gasteiger partial charge in [-0.05, 0) is 45.4 Å². The molecule has 0 saturated carbocycles. The average Bonchev–Trinajstić information content (AvgIpc) is 2.58. The molecule has 0 unspecified atom stereocenters. The second-order valence-electron chi connectivity index (χ2n) is 7.67. The number of hydrogen-bond donors (Lipinski definition) is 1. The van der Waals surface area contributed by atoms with Crippen LogP contribution in [0.5, 0.6) is 0 Å². The second kappa shape index (κ2) is 5.75. The summed E-state index contributed by atoms with van der Waals surface area (Å²) in [6.07, 6.45) is 2.91. The smallest absolute Gasteiger partial charge is 0.261 e. The first-order chi connectivity index (χ1) is 11.9. The number of carbonyl (C=O) groups is 1. The van der Waals surface area contributed by atoms with E-state index in [1.807, 2.05) is 19.9 Å². The van der Waals surface area contributed by atoms with Crippen LogP contribution in [0.4, 0.5) is 0 Å². The Bertz CT molecular complexity index is 889. The zero-order chi connectivity index (χ0) is 17.8.